The number of ether oxygens (including phenoxy) is 2. The van der Waals surface area contributed by atoms with Crippen molar-refractivity contribution in [1.82, 2.24) is 5.32 Å². The zero-order chi connectivity index (χ0) is 14.1. The number of unbranched alkanes of at least 4 members (excludes halogenated alkanes) is 2. The minimum Gasteiger partial charge on any atom is -0.497 e. The average molecular weight is 265 g/mol. The Balaban J connectivity index is 2.66. The highest BCUT2D eigenvalue weighted by Crippen LogP contribution is 2.25. The standard InChI is InChI=1S/C16H27NO2/c1-5-6-7-10-19-16-11-15(18-4)9-8-14(16)12-17-13(2)3/h8-9,11,13,17H,5-7,10,12H2,1-4H3. The van der Waals surface area contributed by atoms with E-state index in [0.29, 0.717) is 6.04 Å². The van der Waals surface area contributed by atoms with E-state index in [0.717, 1.165) is 31.1 Å². The molecule has 1 N–H and O–H groups in total. The van der Waals surface area contributed by atoms with Crippen molar-refractivity contribution in [2.45, 2.75) is 52.6 Å². The largest absolute Gasteiger partial charge is 0.497 e. The van der Waals surface area contributed by atoms with Gasteiger partial charge in [-0.3, -0.25) is 0 Å². The molecule has 0 atom stereocenters. The lowest BCUT2D eigenvalue weighted by atomic mass is 10.1. The Morgan fingerprint density at radius 2 is 2.00 bits per heavy atom. The number of methoxy groups -OCH3 is 1. The monoisotopic (exact) mass is 265 g/mol. The van der Waals surface area contributed by atoms with Crippen LogP contribution in [0.3, 0.4) is 0 Å². The van der Waals surface area contributed by atoms with E-state index < -0.39 is 0 Å². The van der Waals surface area contributed by atoms with Gasteiger partial charge >= 0.3 is 0 Å². The Bertz CT molecular complexity index is 364. The van der Waals surface area contributed by atoms with E-state index in [1.807, 2.05) is 12.1 Å². The van der Waals surface area contributed by atoms with Gasteiger partial charge in [0.25, 0.3) is 0 Å². The lowest BCUT2D eigenvalue weighted by molar-refractivity contribution is 0.300. The molecule has 0 saturated heterocycles. The van der Waals surface area contributed by atoms with Gasteiger partial charge in [-0.25, -0.2) is 0 Å². The third-order valence-corrected chi connectivity index (χ3v) is 2.98. The van der Waals surface area contributed by atoms with Crippen molar-refractivity contribution < 1.29 is 9.47 Å². The maximum atomic E-state index is 5.89. The number of hydrogen-bond donors (Lipinski definition) is 1. The second-order valence-corrected chi connectivity index (χ2v) is 5.06. The predicted molar refractivity (Wildman–Crippen MR) is 80.0 cm³/mol. The van der Waals surface area contributed by atoms with Crippen molar-refractivity contribution >= 4 is 0 Å². The Morgan fingerprint density at radius 3 is 2.63 bits per heavy atom. The number of rotatable bonds is 9. The van der Waals surface area contributed by atoms with Gasteiger partial charge in [0.05, 0.1) is 13.7 Å². The zero-order valence-corrected chi connectivity index (χ0v) is 12.7. The third-order valence-electron chi connectivity index (χ3n) is 2.98. The van der Waals surface area contributed by atoms with Crippen molar-refractivity contribution in [2.24, 2.45) is 0 Å². The summed E-state index contributed by atoms with van der Waals surface area (Å²) in [6.45, 7) is 8.08. The molecule has 19 heavy (non-hydrogen) atoms. The van der Waals surface area contributed by atoms with Gasteiger partial charge in [-0.1, -0.05) is 39.7 Å². The van der Waals surface area contributed by atoms with Gasteiger partial charge in [0.2, 0.25) is 0 Å². The van der Waals surface area contributed by atoms with Crippen LogP contribution >= 0.6 is 0 Å². The molecule has 0 unspecified atom stereocenters. The summed E-state index contributed by atoms with van der Waals surface area (Å²) < 4.78 is 11.2. The van der Waals surface area contributed by atoms with Crippen molar-refractivity contribution in [3.63, 3.8) is 0 Å². The van der Waals surface area contributed by atoms with Crippen LogP contribution in [-0.4, -0.2) is 19.8 Å². The molecule has 0 bridgehead atoms. The molecule has 3 nitrogen and oxygen atoms in total. The lowest BCUT2D eigenvalue weighted by Gasteiger charge is -2.15. The highest BCUT2D eigenvalue weighted by Gasteiger charge is 2.06. The number of benzene rings is 1. The molecule has 0 spiro atoms. The molecule has 1 rings (SSSR count). The first-order valence-corrected chi connectivity index (χ1v) is 7.20. The van der Waals surface area contributed by atoms with E-state index in [9.17, 15) is 0 Å². The smallest absolute Gasteiger partial charge is 0.127 e. The quantitative estimate of drug-likeness (QED) is 0.690. The van der Waals surface area contributed by atoms with E-state index >= 15 is 0 Å². The summed E-state index contributed by atoms with van der Waals surface area (Å²) in [6.07, 6.45) is 3.53. The van der Waals surface area contributed by atoms with E-state index in [4.69, 9.17) is 9.47 Å². The summed E-state index contributed by atoms with van der Waals surface area (Å²) in [4.78, 5) is 0. The molecule has 0 aromatic heterocycles. The van der Waals surface area contributed by atoms with Crippen molar-refractivity contribution in [3.8, 4) is 11.5 Å². The molecule has 0 fully saturated rings. The lowest BCUT2D eigenvalue weighted by Crippen LogP contribution is -2.22. The Labute approximate surface area is 117 Å². The van der Waals surface area contributed by atoms with E-state index in [2.05, 4.69) is 32.2 Å². The van der Waals surface area contributed by atoms with Crippen molar-refractivity contribution in [1.29, 1.82) is 0 Å². The van der Waals surface area contributed by atoms with Gasteiger partial charge in [-0.05, 0) is 12.5 Å². The van der Waals surface area contributed by atoms with E-state index in [1.165, 1.54) is 18.4 Å². The second kappa shape index (κ2) is 8.81. The van der Waals surface area contributed by atoms with Crippen LogP contribution in [0, 0.1) is 0 Å². The highest BCUT2D eigenvalue weighted by molar-refractivity contribution is 5.40. The maximum Gasteiger partial charge on any atom is 0.127 e. The summed E-state index contributed by atoms with van der Waals surface area (Å²) in [6, 6.07) is 6.50. The van der Waals surface area contributed by atoms with Crippen LogP contribution in [0.25, 0.3) is 0 Å². The fraction of sp³-hybridized carbons (Fsp3) is 0.625. The van der Waals surface area contributed by atoms with E-state index in [1.54, 1.807) is 7.11 Å². The minimum atomic E-state index is 0.468. The van der Waals surface area contributed by atoms with Crippen LogP contribution < -0.4 is 14.8 Å². The molecule has 0 radical (unpaired) electrons. The van der Waals surface area contributed by atoms with Gasteiger partial charge < -0.3 is 14.8 Å². The first-order chi connectivity index (χ1) is 9.17. The summed E-state index contributed by atoms with van der Waals surface area (Å²) in [7, 11) is 1.68. The Kier molecular flexibility index (Phi) is 7.34. The summed E-state index contributed by atoms with van der Waals surface area (Å²) >= 11 is 0. The maximum absolute atomic E-state index is 5.89. The van der Waals surface area contributed by atoms with Crippen LogP contribution in [0.15, 0.2) is 18.2 Å². The van der Waals surface area contributed by atoms with Gasteiger partial charge in [-0.2, -0.15) is 0 Å². The predicted octanol–water partition coefficient (Wildman–Crippen LogP) is 3.76. The normalized spacial score (nSPS) is 10.8. The fourth-order valence-corrected chi connectivity index (χ4v) is 1.79. The highest BCUT2D eigenvalue weighted by atomic mass is 16.5. The molecule has 3 heteroatoms. The molecule has 0 aliphatic carbocycles. The summed E-state index contributed by atoms with van der Waals surface area (Å²) in [5.41, 5.74) is 1.19. The molecule has 1 aromatic rings. The number of hydrogen-bond acceptors (Lipinski definition) is 3. The third kappa shape index (κ3) is 5.97. The SMILES string of the molecule is CCCCCOc1cc(OC)ccc1CNC(C)C. The van der Waals surface area contributed by atoms with Gasteiger partial charge in [0.1, 0.15) is 11.5 Å². The van der Waals surface area contributed by atoms with Crippen LogP contribution in [0.4, 0.5) is 0 Å². The molecular weight excluding hydrogens is 238 g/mol. The topological polar surface area (TPSA) is 30.5 Å². The van der Waals surface area contributed by atoms with Gasteiger partial charge in [-0.15, -0.1) is 0 Å². The molecule has 0 amide bonds. The molecule has 0 aliphatic heterocycles. The van der Waals surface area contributed by atoms with Crippen LogP contribution in [0.2, 0.25) is 0 Å². The van der Waals surface area contributed by atoms with Crippen LogP contribution in [0.5, 0.6) is 11.5 Å². The Hall–Kier alpha value is -1.22. The van der Waals surface area contributed by atoms with Gasteiger partial charge in [0.15, 0.2) is 0 Å². The van der Waals surface area contributed by atoms with E-state index in [-0.39, 0.29) is 0 Å². The fourth-order valence-electron chi connectivity index (χ4n) is 1.79. The van der Waals surface area contributed by atoms with Gasteiger partial charge in [0, 0.05) is 24.2 Å². The number of nitrogens with one attached hydrogen (secondary N) is 1. The molecule has 0 saturated carbocycles. The molecule has 0 heterocycles. The van der Waals surface area contributed by atoms with Crippen molar-refractivity contribution in [3.05, 3.63) is 23.8 Å². The van der Waals surface area contributed by atoms with Crippen molar-refractivity contribution in [2.75, 3.05) is 13.7 Å². The second-order valence-electron chi connectivity index (χ2n) is 5.06. The summed E-state index contributed by atoms with van der Waals surface area (Å²) in [5.74, 6) is 1.78. The molecule has 0 aliphatic rings. The summed E-state index contributed by atoms with van der Waals surface area (Å²) in [5, 5.41) is 3.42. The average Bonchev–Trinajstić information content (AvgIpc) is 2.41. The molecule has 1 aromatic carbocycles. The van der Waals surface area contributed by atoms with Crippen LogP contribution in [-0.2, 0) is 6.54 Å². The minimum absolute atomic E-state index is 0.468. The first-order valence-electron chi connectivity index (χ1n) is 7.20. The molecular formula is C16H27NO2. The molecule has 108 valence electrons. The Morgan fingerprint density at radius 1 is 1.21 bits per heavy atom. The zero-order valence-electron chi connectivity index (χ0n) is 12.7. The first kappa shape index (κ1) is 15.8. The van der Waals surface area contributed by atoms with Crippen LogP contribution in [0.1, 0.15) is 45.6 Å².